The summed E-state index contributed by atoms with van der Waals surface area (Å²) in [6.45, 7) is -0.419. The van der Waals surface area contributed by atoms with Gasteiger partial charge in [-0.25, -0.2) is 0 Å². The number of amides is 1. The van der Waals surface area contributed by atoms with E-state index < -0.39 is 30.0 Å². The highest BCUT2D eigenvalue weighted by molar-refractivity contribution is 6.10. The molecule has 8 nitrogen and oxygen atoms in total. The molecule has 0 bridgehead atoms. The van der Waals surface area contributed by atoms with E-state index in [1.165, 1.54) is 12.3 Å². The predicted molar refractivity (Wildman–Crippen MR) is 89.7 cm³/mol. The van der Waals surface area contributed by atoms with Crippen molar-refractivity contribution in [3.8, 4) is 0 Å². The minimum absolute atomic E-state index is 0.108. The standard InChI is InChI=1S/C18H18N2O6/c21-14-9-20(8-12(16(14)23)18(25)26)17(24)13-6-11(7-19-13)15(22)10-4-2-1-3-5-10/h1-7,12,14,16,19,21,23H,8-9H2,(H,25,26). The van der Waals surface area contributed by atoms with Crippen LogP contribution in [0.25, 0.3) is 0 Å². The van der Waals surface area contributed by atoms with Crippen LogP contribution in [0.15, 0.2) is 42.6 Å². The number of β-amino-alcohol motifs (C(OH)–C–C–N with tert-alkyl or cyclic N) is 1. The van der Waals surface area contributed by atoms with Gasteiger partial charge in [-0.15, -0.1) is 0 Å². The Hall–Kier alpha value is -2.97. The van der Waals surface area contributed by atoms with Gasteiger partial charge in [0.15, 0.2) is 5.78 Å². The van der Waals surface area contributed by atoms with Gasteiger partial charge < -0.3 is 25.2 Å². The van der Waals surface area contributed by atoms with Gasteiger partial charge >= 0.3 is 5.97 Å². The van der Waals surface area contributed by atoms with Crippen molar-refractivity contribution < 1.29 is 29.7 Å². The molecule has 3 atom stereocenters. The van der Waals surface area contributed by atoms with E-state index in [1.807, 2.05) is 0 Å². The van der Waals surface area contributed by atoms with Crippen LogP contribution in [0.5, 0.6) is 0 Å². The SMILES string of the molecule is O=C(c1ccccc1)c1c[nH]c(C(=O)N2CC(O)C(O)C(C(=O)O)C2)c1. The van der Waals surface area contributed by atoms with Crippen molar-refractivity contribution in [2.75, 3.05) is 13.1 Å². The Labute approximate surface area is 148 Å². The van der Waals surface area contributed by atoms with Crippen LogP contribution in [0.2, 0.25) is 0 Å². The van der Waals surface area contributed by atoms with Crippen molar-refractivity contribution in [1.82, 2.24) is 9.88 Å². The fourth-order valence-electron chi connectivity index (χ4n) is 2.99. The summed E-state index contributed by atoms with van der Waals surface area (Å²) in [5.74, 6) is -3.36. The van der Waals surface area contributed by atoms with Crippen LogP contribution in [0.3, 0.4) is 0 Å². The summed E-state index contributed by atoms with van der Waals surface area (Å²) in [6, 6.07) is 9.98. The number of nitrogens with zero attached hydrogens (tertiary/aromatic N) is 1. The van der Waals surface area contributed by atoms with Crippen molar-refractivity contribution in [3.63, 3.8) is 0 Å². The second kappa shape index (κ2) is 7.11. The molecule has 1 aliphatic heterocycles. The first-order valence-electron chi connectivity index (χ1n) is 8.05. The number of piperidine rings is 1. The lowest BCUT2D eigenvalue weighted by Gasteiger charge is -2.37. The third kappa shape index (κ3) is 3.37. The fraction of sp³-hybridized carbons (Fsp3) is 0.278. The maximum atomic E-state index is 12.6. The van der Waals surface area contributed by atoms with E-state index in [4.69, 9.17) is 5.11 Å². The van der Waals surface area contributed by atoms with E-state index >= 15 is 0 Å². The molecule has 26 heavy (non-hydrogen) atoms. The number of aliphatic hydroxyl groups is 2. The fourth-order valence-corrected chi connectivity index (χ4v) is 2.99. The van der Waals surface area contributed by atoms with Crippen LogP contribution < -0.4 is 0 Å². The summed E-state index contributed by atoms with van der Waals surface area (Å²) >= 11 is 0. The number of aromatic nitrogens is 1. The lowest BCUT2D eigenvalue weighted by Crippen LogP contribution is -2.56. The smallest absolute Gasteiger partial charge is 0.311 e. The minimum Gasteiger partial charge on any atom is -0.481 e. The van der Waals surface area contributed by atoms with E-state index in [9.17, 15) is 24.6 Å². The maximum absolute atomic E-state index is 12.6. The van der Waals surface area contributed by atoms with Gasteiger partial charge in [-0.3, -0.25) is 14.4 Å². The lowest BCUT2D eigenvalue weighted by molar-refractivity contribution is -0.154. The first-order chi connectivity index (χ1) is 12.4. The Kier molecular flexibility index (Phi) is 4.88. The number of hydrogen-bond acceptors (Lipinski definition) is 5. The van der Waals surface area contributed by atoms with Crippen LogP contribution in [-0.2, 0) is 4.79 Å². The van der Waals surface area contributed by atoms with Gasteiger partial charge in [0.05, 0.1) is 12.2 Å². The van der Waals surface area contributed by atoms with Gasteiger partial charge in [-0.05, 0) is 6.07 Å². The molecule has 8 heteroatoms. The molecule has 0 saturated carbocycles. The van der Waals surface area contributed by atoms with Gasteiger partial charge in [0.2, 0.25) is 0 Å². The van der Waals surface area contributed by atoms with E-state index in [0.29, 0.717) is 11.1 Å². The molecule has 4 N–H and O–H groups in total. The molecule has 2 aromatic rings. The van der Waals surface area contributed by atoms with E-state index in [-0.39, 0.29) is 24.6 Å². The molecule has 0 spiro atoms. The summed E-state index contributed by atoms with van der Waals surface area (Å²) in [5.41, 5.74) is 0.886. The Morgan fingerprint density at radius 1 is 1.04 bits per heavy atom. The van der Waals surface area contributed by atoms with Gasteiger partial charge in [0.25, 0.3) is 5.91 Å². The molecule has 1 saturated heterocycles. The van der Waals surface area contributed by atoms with E-state index in [0.717, 1.165) is 4.90 Å². The highest BCUT2D eigenvalue weighted by Crippen LogP contribution is 2.21. The van der Waals surface area contributed by atoms with Gasteiger partial charge in [0, 0.05) is 30.4 Å². The van der Waals surface area contributed by atoms with Crippen LogP contribution in [0, 0.1) is 5.92 Å². The molecule has 1 fully saturated rings. The normalized spacial score (nSPS) is 22.8. The number of likely N-dealkylation sites (tertiary alicyclic amines) is 1. The minimum atomic E-state index is -1.43. The molecular formula is C18H18N2O6. The quantitative estimate of drug-likeness (QED) is 0.575. The van der Waals surface area contributed by atoms with E-state index in [1.54, 1.807) is 30.3 Å². The van der Waals surface area contributed by atoms with Crippen LogP contribution in [0.1, 0.15) is 26.4 Å². The molecule has 1 amide bonds. The van der Waals surface area contributed by atoms with Crippen molar-refractivity contribution >= 4 is 17.7 Å². The summed E-state index contributed by atoms with van der Waals surface area (Å²) in [4.78, 5) is 40.1. The number of rotatable bonds is 4. The molecule has 0 aliphatic carbocycles. The zero-order chi connectivity index (χ0) is 18.8. The highest BCUT2D eigenvalue weighted by Gasteiger charge is 2.41. The maximum Gasteiger partial charge on any atom is 0.311 e. The third-order valence-electron chi connectivity index (χ3n) is 4.45. The monoisotopic (exact) mass is 358 g/mol. The number of aliphatic hydroxyl groups excluding tert-OH is 2. The van der Waals surface area contributed by atoms with Gasteiger partial charge in [-0.2, -0.15) is 0 Å². The van der Waals surface area contributed by atoms with E-state index in [2.05, 4.69) is 4.98 Å². The number of carboxylic acids is 1. The molecule has 1 aliphatic rings. The first kappa shape index (κ1) is 17.8. The number of nitrogens with one attached hydrogen (secondary N) is 1. The second-order valence-electron chi connectivity index (χ2n) is 6.21. The van der Waals surface area contributed by atoms with Crippen molar-refractivity contribution in [2.24, 2.45) is 5.92 Å². The number of aliphatic carboxylic acids is 1. The molecule has 0 radical (unpaired) electrons. The number of carbonyl (C=O) groups excluding carboxylic acids is 2. The molecule has 136 valence electrons. The first-order valence-corrected chi connectivity index (χ1v) is 8.05. The van der Waals surface area contributed by atoms with Crippen molar-refractivity contribution in [1.29, 1.82) is 0 Å². The Morgan fingerprint density at radius 3 is 2.38 bits per heavy atom. The Balaban J connectivity index is 1.78. The zero-order valence-corrected chi connectivity index (χ0v) is 13.7. The van der Waals surface area contributed by atoms with Crippen molar-refractivity contribution in [2.45, 2.75) is 12.2 Å². The molecule has 3 unspecified atom stereocenters. The topological polar surface area (TPSA) is 131 Å². The van der Waals surface area contributed by atoms with Crippen LogP contribution in [0.4, 0.5) is 0 Å². The number of H-pyrrole nitrogens is 1. The Morgan fingerprint density at radius 2 is 1.73 bits per heavy atom. The molecule has 1 aromatic carbocycles. The summed E-state index contributed by atoms with van der Waals surface area (Å²) in [6.07, 6.45) is -1.38. The Bertz CT molecular complexity index is 831. The van der Waals surface area contributed by atoms with Crippen molar-refractivity contribution in [3.05, 3.63) is 59.4 Å². The summed E-state index contributed by atoms with van der Waals surface area (Å²) in [5, 5.41) is 28.7. The number of carbonyl (C=O) groups is 3. The summed E-state index contributed by atoms with van der Waals surface area (Å²) < 4.78 is 0. The third-order valence-corrected chi connectivity index (χ3v) is 4.45. The average molecular weight is 358 g/mol. The number of hydrogen-bond donors (Lipinski definition) is 4. The second-order valence-corrected chi connectivity index (χ2v) is 6.21. The molecule has 3 rings (SSSR count). The van der Waals surface area contributed by atoms with Crippen LogP contribution in [-0.4, -0.2) is 68.2 Å². The van der Waals surface area contributed by atoms with Gasteiger partial charge in [0.1, 0.15) is 11.6 Å². The van der Waals surface area contributed by atoms with Crippen LogP contribution >= 0.6 is 0 Å². The molecule has 2 heterocycles. The highest BCUT2D eigenvalue weighted by atomic mass is 16.4. The predicted octanol–water partition coefficient (Wildman–Crippen LogP) is 0.124. The van der Waals surface area contributed by atoms with Gasteiger partial charge in [-0.1, -0.05) is 30.3 Å². The summed E-state index contributed by atoms with van der Waals surface area (Å²) in [7, 11) is 0. The largest absolute Gasteiger partial charge is 0.481 e. The molecule has 1 aromatic heterocycles. The lowest BCUT2D eigenvalue weighted by atomic mass is 9.92. The number of ketones is 1. The average Bonchev–Trinajstić information content (AvgIpc) is 3.13. The number of aromatic amines is 1. The number of benzene rings is 1. The zero-order valence-electron chi connectivity index (χ0n) is 13.7. The molecular weight excluding hydrogens is 340 g/mol. The number of carboxylic acid groups (broad SMARTS) is 1.